The molecule has 1 aromatic carbocycles. The number of alkyl carbamates (subject to hydrolysis) is 1. The van der Waals surface area contributed by atoms with Gasteiger partial charge in [0.05, 0.1) is 0 Å². The lowest BCUT2D eigenvalue weighted by atomic mass is 9.81. The topological polar surface area (TPSA) is 151 Å². The average molecular weight is 379 g/mol. The molecule has 0 heterocycles. The molecule has 0 saturated carbocycles. The van der Waals surface area contributed by atoms with Crippen molar-refractivity contribution in [3.05, 3.63) is 35.9 Å². The molecule has 1 rings (SSSR count). The van der Waals surface area contributed by atoms with Gasteiger partial charge in [0.15, 0.2) is 0 Å². The summed E-state index contributed by atoms with van der Waals surface area (Å²) in [5, 5.41) is 23.1. The largest absolute Gasteiger partial charge is 0.454 e. The molecule has 0 spiro atoms. The fourth-order valence-electron chi connectivity index (χ4n) is 2.33. The molecular formula is C17H26BN3O6. The Labute approximate surface area is 158 Å². The van der Waals surface area contributed by atoms with Gasteiger partial charge >= 0.3 is 13.2 Å². The van der Waals surface area contributed by atoms with E-state index in [0.717, 1.165) is 5.56 Å². The molecule has 6 N–H and O–H groups in total. The molecule has 9 nitrogen and oxygen atoms in total. The molecule has 148 valence electrons. The van der Waals surface area contributed by atoms with Gasteiger partial charge in [-0.25, -0.2) is 4.79 Å². The van der Waals surface area contributed by atoms with Gasteiger partial charge in [0.25, 0.3) is 0 Å². The standard InChI is InChI=1S/C17H26BN3O6/c1-3-11(2)14(15(19)22)21-16(23)13(9-18(25)26)20-17(24)27-10-12-7-5-4-6-8-12/h4-8,11,13-14,25-26H,3,9-10H2,1-2H3,(H2,19,22)(H,20,24)(H,21,23)/t11-,13-,14-/m0/s1. The Morgan fingerprint density at radius 3 is 2.33 bits per heavy atom. The van der Waals surface area contributed by atoms with Crippen molar-refractivity contribution in [2.75, 3.05) is 0 Å². The zero-order valence-electron chi connectivity index (χ0n) is 15.4. The van der Waals surface area contributed by atoms with E-state index in [9.17, 15) is 24.4 Å². The molecule has 0 aliphatic carbocycles. The Bertz CT molecular complexity index is 628. The summed E-state index contributed by atoms with van der Waals surface area (Å²) in [4.78, 5) is 35.9. The molecule has 27 heavy (non-hydrogen) atoms. The van der Waals surface area contributed by atoms with Crippen LogP contribution in [0.4, 0.5) is 4.79 Å². The number of carbonyl (C=O) groups is 3. The fraction of sp³-hybridized carbons (Fsp3) is 0.471. The Morgan fingerprint density at radius 1 is 1.19 bits per heavy atom. The van der Waals surface area contributed by atoms with Gasteiger partial charge < -0.3 is 31.2 Å². The minimum absolute atomic E-state index is 0.0144. The van der Waals surface area contributed by atoms with Crippen molar-refractivity contribution in [2.45, 2.75) is 45.3 Å². The number of carbonyl (C=O) groups excluding carboxylic acids is 3. The number of primary amides is 1. The second-order valence-corrected chi connectivity index (χ2v) is 6.25. The van der Waals surface area contributed by atoms with Crippen LogP contribution in [-0.4, -0.2) is 47.2 Å². The van der Waals surface area contributed by atoms with Crippen LogP contribution in [-0.2, 0) is 20.9 Å². The van der Waals surface area contributed by atoms with Crippen molar-refractivity contribution in [1.82, 2.24) is 10.6 Å². The van der Waals surface area contributed by atoms with Gasteiger partial charge in [0, 0.05) is 6.32 Å². The van der Waals surface area contributed by atoms with Crippen LogP contribution in [0.25, 0.3) is 0 Å². The zero-order valence-corrected chi connectivity index (χ0v) is 15.4. The maximum absolute atomic E-state index is 12.4. The first-order chi connectivity index (χ1) is 12.7. The Balaban J connectivity index is 2.71. The smallest absolute Gasteiger partial charge is 0.445 e. The average Bonchev–Trinajstić information content (AvgIpc) is 2.63. The molecular weight excluding hydrogens is 353 g/mol. The summed E-state index contributed by atoms with van der Waals surface area (Å²) in [6, 6.07) is 6.67. The van der Waals surface area contributed by atoms with Gasteiger partial charge in [0.1, 0.15) is 18.7 Å². The van der Waals surface area contributed by atoms with Crippen molar-refractivity contribution in [3.8, 4) is 0 Å². The van der Waals surface area contributed by atoms with Gasteiger partial charge in [0.2, 0.25) is 11.8 Å². The summed E-state index contributed by atoms with van der Waals surface area (Å²) in [5.74, 6) is -1.70. The molecule has 0 aromatic heterocycles. The lowest BCUT2D eigenvalue weighted by molar-refractivity contribution is -0.129. The van der Waals surface area contributed by atoms with E-state index in [1.807, 2.05) is 13.0 Å². The number of benzene rings is 1. The van der Waals surface area contributed by atoms with Crippen LogP contribution in [0, 0.1) is 5.92 Å². The van der Waals surface area contributed by atoms with E-state index in [1.165, 1.54) is 0 Å². The second-order valence-electron chi connectivity index (χ2n) is 6.25. The van der Waals surface area contributed by atoms with Crippen LogP contribution in [0.2, 0.25) is 6.32 Å². The van der Waals surface area contributed by atoms with E-state index in [1.54, 1.807) is 31.2 Å². The maximum Gasteiger partial charge on any atom is 0.454 e. The van der Waals surface area contributed by atoms with E-state index in [4.69, 9.17) is 10.5 Å². The van der Waals surface area contributed by atoms with Crippen molar-refractivity contribution in [2.24, 2.45) is 11.7 Å². The summed E-state index contributed by atoms with van der Waals surface area (Å²) in [6.45, 7) is 3.56. The van der Waals surface area contributed by atoms with E-state index >= 15 is 0 Å². The van der Waals surface area contributed by atoms with E-state index in [-0.39, 0.29) is 12.5 Å². The van der Waals surface area contributed by atoms with Crippen molar-refractivity contribution in [3.63, 3.8) is 0 Å². The maximum atomic E-state index is 12.4. The summed E-state index contributed by atoms with van der Waals surface area (Å²) in [7, 11) is -1.84. The first-order valence-electron chi connectivity index (χ1n) is 8.67. The molecule has 3 atom stereocenters. The molecule has 0 aliphatic heterocycles. The molecule has 0 saturated heterocycles. The predicted molar refractivity (Wildman–Crippen MR) is 99.1 cm³/mol. The molecule has 0 aliphatic rings. The first kappa shape index (κ1) is 22.5. The molecule has 0 bridgehead atoms. The number of ether oxygens (including phenoxy) is 1. The van der Waals surface area contributed by atoms with Crippen LogP contribution < -0.4 is 16.4 Å². The van der Waals surface area contributed by atoms with Gasteiger partial charge in [-0.1, -0.05) is 50.6 Å². The summed E-state index contributed by atoms with van der Waals surface area (Å²) in [5.41, 5.74) is 6.06. The number of rotatable bonds is 10. The minimum Gasteiger partial charge on any atom is -0.445 e. The van der Waals surface area contributed by atoms with Crippen LogP contribution in [0.5, 0.6) is 0 Å². The zero-order chi connectivity index (χ0) is 20.4. The minimum atomic E-state index is -1.84. The van der Waals surface area contributed by atoms with Crippen molar-refractivity contribution < 1.29 is 29.2 Å². The monoisotopic (exact) mass is 379 g/mol. The number of hydrogen-bond acceptors (Lipinski definition) is 6. The van der Waals surface area contributed by atoms with Crippen molar-refractivity contribution in [1.29, 1.82) is 0 Å². The molecule has 0 radical (unpaired) electrons. The normalized spacial score (nSPS) is 13.8. The highest BCUT2D eigenvalue weighted by molar-refractivity contribution is 6.42. The molecule has 10 heteroatoms. The third-order valence-corrected chi connectivity index (χ3v) is 4.09. The predicted octanol–water partition coefficient (Wildman–Crippen LogP) is -0.230. The summed E-state index contributed by atoms with van der Waals surface area (Å²) < 4.78 is 5.03. The number of amides is 3. The lowest BCUT2D eigenvalue weighted by Crippen LogP contribution is -2.55. The third kappa shape index (κ3) is 8.10. The van der Waals surface area contributed by atoms with Crippen LogP contribution in [0.15, 0.2) is 30.3 Å². The van der Waals surface area contributed by atoms with Gasteiger partial charge in [-0.2, -0.15) is 0 Å². The second kappa shape index (κ2) is 11.2. The van der Waals surface area contributed by atoms with Gasteiger partial charge in [-0.05, 0) is 11.5 Å². The highest BCUT2D eigenvalue weighted by atomic mass is 16.5. The quantitative estimate of drug-likeness (QED) is 0.354. The molecule has 0 unspecified atom stereocenters. The Morgan fingerprint density at radius 2 is 1.81 bits per heavy atom. The van der Waals surface area contributed by atoms with Crippen LogP contribution >= 0.6 is 0 Å². The highest BCUT2D eigenvalue weighted by Crippen LogP contribution is 2.09. The van der Waals surface area contributed by atoms with E-state index in [2.05, 4.69) is 10.6 Å². The first-order valence-corrected chi connectivity index (χ1v) is 8.67. The van der Waals surface area contributed by atoms with E-state index < -0.39 is 43.4 Å². The number of hydrogen-bond donors (Lipinski definition) is 5. The van der Waals surface area contributed by atoms with E-state index in [0.29, 0.717) is 6.42 Å². The fourth-order valence-corrected chi connectivity index (χ4v) is 2.33. The van der Waals surface area contributed by atoms with Crippen LogP contribution in [0.3, 0.4) is 0 Å². The van der Waals surface area contributed by atoms with Crippen molar-refractivity contribution >= 4 is 25.0 Å². The lowest BCUT2D eigenvalue weighted by Gasteiger charge is -2.24. The van der Waals surface area contributed by atoms with Crippen LogP contribution in [0.1, 0.15) is 25.8 Å². The number of nitrogens with one attached hydrogen (secondary N) is 2. The van der Waals surface area contributed by atoms with Gasteiger partial charge in [-0.15, -0.1) is 0 Å². The molecule has 3 amide bonds. The SMILES string of the molecule is CC[C@H](C)[C@H](NC(=O)[C@H](CB(O)O)NC(=O)OCc1ccccc1)C(N)=O. The number of nitrogens with two attached hydrogens (primary N) is 1. The third-order valence-electron chi connectivity index (χ3n) is 4.09. The molecule has 0 fully saturated rings. The summed E-state index contributed by atoms with van der Waals surface area (Å²) in [6.07, 6.45) is -0.787. The summed E-state index contributed by atoms with van der Waals surface area (Å²) >= 11 is 0. The Hall–Kier alpha value is -2.59. The molecule has 1 aromatic rings. The highest BCUT2D eigenvalue weighted by Gasteiger charge is 2.31. The van der Waals surface area contributed by atoms with Gasteiger partial charge in [-0.3, -0.25) is 9.59 Å². The Kier molecular flexibility index (Phi) is 9.31.